The lowest BCUT2D eigenvalue weighted by atomic mass is 10.0. The minimum atomic E-state index is -0.479. The van der Waals surface area contributed by atoms with Crippen LogP contribution in [0.15, 0.2) is 40.7 Å². The van der Waals surface area contributed by atoms with E-state index >= 15 is 0 Å². The Labute approximate surface area is 156 Å². The Kier molecular flexibility index (Phi) is 6.03. The summed E-state index contributed by atoms with van der Waals surface area (Å²) in [6.07, 6.45) is 2.44. The third-order valence-corrected chi connectivity index (χ3v) is 4.46. The van der Waals surface area contributed by atoms with Crippen LogP contribution in [-0.2, 0) is 9.47 Å². The number of aromatic amines is 1. The zero-order valence-electron chi connectivity index (χ0n) is 15.4. The van der Waals surface area contributed by atoms with Crippen LogP contribution < -0.4 is 10.9 Å². The normalized spacial score (nSPS) is 19.7. The molecule has 6 nitrogen and oxygen atoms in total. The minimum absolute atomic E-state index is 0.127. The highest BCUT2D eigenvalue weighted by molar-refractivity contribution is 6.06. The van der Waals surface area contributed by atoms with E-state index < -0.39 is 17.3 Å². The average molecular weight is 374 g/mol. The van der Waals surface area contributed by atoms with Crippen molar-refractivity contribution in [3.63, 3.8) is 0 Å². The molecular formula is C20H23FN2O4. The first-order valence-electron chi connectivity index (χ1n) is 8.90. The number of hydrogen-bond acceptors (Lipinski definition) is 4. The van der Waals surface area contributed by atoms with Crippen LogP contribution in [0.4, 0.5) is 4.39 Å². The molecule has 7 heteroatoms. The summed E-state index contributed by atoms with van der Waals surface area (Å²) in [6.45, 7) is 5.32. The summed E-state index contributed by atoms with van der Waals surface area (Å²) in [4.78, 5) is 27.3. The summed E-state index contributed by atoms with van der Waals surface area (Å²) in [5.74, 6) is -0.935. The molecule has 1 aromatic carbocycles. The number of halogens is 1. The molecule has 1 aliphatic rings. The van der Waals surface area contributed by atoms with Gasteiger partial charge in [-0.05, 0) is 38.5 Å². The number of nitrogens with one attached hydrogen (secondary N) is 2. The van der Waals surface area contributed by atoms with Gasteiger partial charge in [0.2, 0.25) is 5.56 Å². The molecule has 0 aliphatic carbocycles. The predicted octanol–water partition coefficient (Wildman–Crippen LogP) is 2.54. The molecular weight excluding hydrogens is 351 g/mol. The number of aromatic nitrogens is 1. The van der Waals surface area contributed by atoms with Gasteiger partial charge in [0.25, 0.3) is 5.91 Å². The number of benzene rings is 1. The maximum Gasteiger partial charge on any atom is 0.252 e. The number of rotatable bonds is 5. The Bertz CT molecular complexity index is 918. The van der Waals surface area contributed by atoms with Crippen LogP contribution in [0, 0.1) is 5.82 Å². The van der Waals surface area contributed by atoms with Gasteiger partial charge in [-0.3, -0.25) is 9.59 Å². The maximum atomic E-state index is 13.6. The molecule has 2 N–H and O–H groups in total. The molecule has 2 unspecified atom stereocenters. The summed E-state index contributed by atoms with van der Waals surface area (Å²) in [5, 5.41) is 3.23. The van der Waals surface area contributed by atoms with Gasteiger partial charge in [-0.2, -0.15) is 0 Å². The van der Waals surface area contributed by atoms with Gasteiger partial charge in [-0.25, -0.2) is 4.39 Å². The second-order valence-corrected chi connectivity index (χ2v) is 6.83. The first kappa shape index (κ1) is 19.3. The highest BCUT2D eigenvalue weighted by Crippen LogP contribution is 2.18. The number of allylic oxidation sites excluding steroid dienone is 1. The highest BCUT2D eigenvalue weighted by Gasteiger charge is 2.28. The quantitative estimate of drug-likeness (QED) is 0.788. The fourth-order valence-electron chi connectivity index (χ4n) is 3.05. The molecule has 2 atom stereocenters. The van der Waals surface area contributed by atoms with E-state index in [9.17, 15) is 14.0 Å². The van der Waals surface area contributed by atoms with Gasteiger partial charge in [0.05, 0.1) is 30.9 Å². The topological polar surface area (TPSA) is 80.4 Å². The van der Waals surface area contributed by atoms with Gasteiger partial charge >= 0.3 is 0 Å². The molecule has 2 aromatic rings. The molecule has 27 heavy (non-hydrogen) atoms. The number of amides is 1. The highest BCUT2D eigenvalue weighted by atomic mass is 19.1. The van der Waals surface area contributed by atoms with E-state index in [2.05, 4.69) is 10.3 Å². The molecule has 3 rings (SSSR count). The van der Waals surface area contributed by atoms with Crippen LogP contribution in [-0.4, -0.2) is 42.9 Å². The Balaban J connectivity index is 1.81. The molecule has 0 bridgehead atoms. The second kappa shape index (κ2) is 8.45. The lowest BCUT2D eigenvalue weighted by molar-refractivity contribution is -0.0457. The van der Waals surface area contributed by atoms with Gasteiger partial charge in [0, 0.05) is 23.6 Å². The summed E-state index contributed by atoms with van der Waals surface area (Å²) in [6, 6.07) is 4.75. The van der Waals surface area contributed by atoms with Crippen molar-refractivity contribution in [2.75, 3.05) is 19.8 Å². The van der Waals surface area contributed by atoms with Crippen LogP contribution >= 0.6 is 0 Å². The molecule has 0 radical (unpaired) electrons. The van der Waals surface area contributed by atoms with Crippen LogP contribution in [0.3, 0.4) is 0 Å². The predicted molar refractivity (Wildman–Crippen MR) is 100 cm³/mol. The Morgan fingerprint density at radius 2 is 2.22 bits per heavy atom. The largest absolute Gasteiger partial charge is 0.379 e. The fraction of sp³-hybridized carbons (Fsp3) is 0.400. The molecule has 0 saturated carbocycles. The zero-order chi connectivity index (χ0) is 19.4. The van der Waals surface area contributed by atoms with E-state index in [4.69, 9.17) is 9.47 Å². The number of fused-ring (bicyclic) bond motifs is 1. The number of pyridine rings is 1. The number of carbonyl (C=O) groups is 1. The van der Waals surface area contributed by atoms with Gasteiger partial charge in [0.15, 0.2) is 0 Å². The van der Waals surface area contributed by atoms with Crippen molar-refractivity contribution in [2.24, 2.45) is 0 Å². The molecule has 1 aromatic heterocycles. The smallest absolute Gasteiger partial charge is 0.252 e. The molecule has 1 fully saturated rings. The zero-order valence-corrected chi connectivity index (χ0v) is 15.4. The van der Waals surface area contributed by atoms with E-state index in [1.54, 1.807) is 0 Å². The number of H-pyrrole nitrogens is 1. The van der Waals surface area contributed by atoms with Crippen LogP contribution in [0.5, 0.6) is 0 Å². The first-order chi connectivity index (χ1) is 12.9. The van der Waals surface area contributed by atoms with E-state index in [1.165, 1.54) is 24.3 Å². The Hall–Kier alpha value is -2.51. The van der Waals surface area contributed by atoms with Crippen LogP contribution in [0.2, 0.25) is 0 Å². The summed E-state index contributed by atoms with van der Waals surface area (Å²) in [5.41, 5.74) is 1.27. The van der Waals surface area contributed by atoms with Crippen LogP contribution in [0.25, 0.3) is 10.9 Å². The third-order valence-electron chi connectivity index (χ3n) is 4.46. The lowest BCUT2D eigenvalue weighted by Gasteiger charge is -2.32. The van der Waals surface area contributed by atoms with Crippen molar-refractivity contribution >= 4 is 16.8 Å². The van der Waals surface area contributed by atoms with E-state index in [0.29, 0.717) is 37.1 Å². The molecule has 1 saturated heterocycles. The molecule has 2 heterocycles. The molecule has 144 valence electrons. The fourth-order valence-corrected chi connectivity index (χ4v) is 3.05. The van der Waals surface area contributed by atoms with E-state index in [1.807, 2.05) is 19.9 Å². The van der Waals surface area contributed by atoms with E-state index in [-0.39, 0.29) is 17.7 Å². The van der Waals surface area contributed by atoms with Crippen molar-refractivity contribution in [1.29, 1.82) is 0 Å². The summed E-state index contributed by atoms with van der Waals surface area (Å²) >= 11 is 0. The number of carbonyl (C=O) groups excluding carboxylic acids is 1. The van der Waals surface area contributed by atoms with Gasteiger partial charge < -0.3 is 19.8 Å². The number of ether oxygens (including phenoxy) is 2. The van der Waals surface area contributed by atoms with Crippen molar-refractivity contribution in [2.45, 2.75) is 32.4 Å². The minimum Gasteiger partial charge on any atom is -0.379 e. The monoisotopic (exact) mass is 374 g/mol. The van der Waals surface area contributed by atoms with Gasteiger partial charge in [-0.1, -0.05) is 11.6 Å². The van der Waals surface area contributed by atoms with Gasteiger partial charge in [-0.15, -0.1) is 0 Å². The Morgan fingerprint density at radius 3 is 3.00 bits per heavy atom. The summed E-state index contributed by atoms with van der Waals surface area (Å²) < 4.78 is 25.0. The van der Waals surface area contributed by atoms with Crippen molar-refractivity contribution < 1.29 is 18.7 Å². The van der Waals surface area contributed by atoms with Crippen molar-refractivity contribution in [1.82, 2.24) is 10.3 Å². The van der Waals surface area contributed by atoms with Crippen molar-refractivity contribution in [3.8, 4) is 0 Å². The number of hydrogen-bond donors (Lipinski definition) is 2. The standard InChI is InChI=1S/C20H23FN2O4/c1-12(2)5-8-27-18-6-7-26-11-17(18)23-20(25)15-10-19(24)22-16-4-3-13(21)9-14(15)16/h3-5,9-10,17-18H,6-8,11H2,1-2H3,(H,22,24)(H,23,25). The van der Waals surface area contributed by atoms with Crippen molar-refractivity contribution in [3.05, 3.63) is 57.6 Å². The molecule has 1 aliphatic heterocycles. The second-order valence-electron chi connectivity index (χ2n) is 6.83. The van der Waals surface area contributed by atoms with Gasteiger partial charge in [0.1, 0.15) is 5.82 Å². The van der Waals surface area contributed by atoms with E-state index in [0.717, 1.165) is 5.57 Å². The average Bonchev–Trinajstić information content (AvgIpc) is 2.62. The van der Waals surface area contributed by atoms with Crippen LogP contribution in [0.1, 0.15) is 30.6 Å². The third kappa shape index (κ3) is 4.81. The maximum absolute atomic E-state index is 13.6. The Morgan fingerprint density at radius 1 is 1.41 bits per heavy atom. The lowest BCUT2D eigenvalue weighted by Crippen LogP contribution is -2.50. The first-order valence-corrected chi connectivity index (χ1v) is 8.90. The molecule has 1 amide bonds. The SMILES string of the molecule is CC(C)=CCOC1CCOCC1NC(=O)c1cc(=O)[nH]c2ccc(F)cc12. The summed E-state index contributed by atoms with van der Waals surface area (Å²) in [7, 11) is 0. The molecule has 0 spiro atoms.